The van der Waals surface area contributed by atoms with E-state index >= 15 is 0 Å². The van der Waals surface area contributed by atoms with Gasteiger partial charge in [-0.3, -0.25) is 4.79 Å². The van der Waals surface area contributed by atoms with Crippen molar-refractivity contribution in [3.63, 3.8) is 0 Å². The zero-order valence-corrected chi connectivity index (χ0v) is 18.8. The van der Waals surface area contributed by atoms with E-state index in [1.165, 1.54) is 17.3 Å². The van der Waals surface area contributed by atoms with Gasteiger partial charge in [0, 0.05) is 48.0 Å². The number of benzene rings is 2. The lowest BCUT2D eigenvalue weighted by Crippen LogP contribution is -2.49. The van der Waals surface area contributed by atoms with Crippen molar-refractivity contribution in [3.05, 3.63) is 82.0 Å². The van der Waals surface area contributed by atoms with Crippen LogP contribution in [0, 0.1) is 18.3 Å². The molecule has 1 amide bonds. The van der Waals surface area contributed by atoms with Gasteiger partial charge in [-0.2, -0.15) is 5.26 Å². The lowest BCUT2D eigenvalue weighted by atomic mass is 10.1. The Morgan fingerprint density at radius 3 is 2.42 bits per heavy atom. The first-order chi connectivity index (χ1) is 15.0. The van der Waals surface area contributed by atoms with Gasteiger partial charge in [0.05, 0.1) is 0 Å². The molecule has 1 aromatic heterocycles. The van der Waals surface area contributed by atoms with Crippen molar-refractivity contribution >= 4 is 33.6 Å². The molecule has 0 spiro atoms. The summed E-state index contributed by atoms with van der Waals surface area (Å²) in [6.07, 6.45) is 1.53. The van der Waals surface area contributed by atoms with Crippen LogP contribution in [-0.2, 0) is 4.79 Å². The summed E-state index contributed by atoms with van der Waals surface area (Å²) in [4.78, 5) is 16.9. The summed E-state index contributed by atoms with van der Waals surface area (Å²) in [5, 5.41) is 9.59. The number of piperazine rings is 1. The third-order valence-corrected chi connectivity index (χ3v) is 5.94. The Hall–Kier alpha value is -3.30. The van der Waals surface area contributed by atoms with E-state index in [1.807, 2.05) is 48.5 Å². The van der Waals surface area contributed by atoms with Crippen LogP contribution >= 0.6 is 15.9 Å². The van der Waals surface area contributed by atoms with Crippen molar-refractivity contribution in [3.8, 4) is 17.4 Å². The number of rotatable bonds is 4. The molecule has 0 bridgehead atoms. The van der Waals surface area contributed by atoms with Gasteiger partial charge in [-0.25, -0.2) is 0 Å². The zero-order chi connectivity index (χ0) is 21.8. The van der Waals surface area contributed by atoms with Crippen LogP contribution in [0.3, 0.4) is 0 Å². The maximum Gasteiger partial charge on any atom is 0.264 e. The van der Waals surface area contributed by atoms with Crippen molar-refractivity contribution in [1.29, 1.82) is 5.26 Å². The van der Waals surface area contributed by atoms with Crippen molar-refractivity contribution in [1.82, 2.24) is 4.90 Å². The fourth-order valence-electron chi connectivity index (χ4n) is 3.72. The van der Waals surface area contributed by atoms with Crippen LogP contribution in [0.25, 0.3) is 17.4 Å². The lowest BCUT2D eigenvalue weighted by Gasteiger charge is -2.36. The second kappa shape index (κ2) is 9.23. The van der Waals surface area contributed by atoms with E-state index in [0.717, 1.165) is 23.1 Å². The Kier molecular flexibility index (Phi) is 6.24. The SMILES string of the molecule is Cc1ccccc1N1CCN(C(=O)/C(C#N)=C\c2ccc(-c3ccc(Br)cc3)o2)CC1. The molecule has 0 unspecified atom stereocenters. The van der Waals surface area contributed by atoms with Crippen LogP contribution in [0.5, 0.6) is 0 Å². The number of carbonyl (C=O) groups is 1. The molecule has 2 heterocycles. The first-order valence-electron chi connectivity index (χ1n) is 10.1. The van der Waals surface area contributed by atoms with E-state index < -0.39 is 0 Å². The van der Waals surface area contributed by atoms with E-state index in [0.29, 0.717) is 24.6 Å². The van der Waals surface area contributed by atoms with Crippen molar-refractivity contribution in [2.75, 3.05) is 31.1 Å². The smallest absolute Gasteiger partial charge is 0.264 e. The molecule has 1 saturated heterocycles. The van der Waals surface area contributed by atoms with Gasteiger partial charge in [0.2, 0.25) is 0 Å². The molecule has 0 atom stereocenters. The van der Waals surface area contributed by atoms with E-state index in [-0.39, 0.29) is 11.5 Å². The minimum absolute atomic E-state index is 0.0843. The number of para-hydroxylation sites is 1. The van der Waals surface area contributed by atoms with E-state index in [1.54, 1.807) is 11.0 Å². The Balaban J connectivity index is 1.44. The van der Waals surface area contributed by atoms with Gasteiger partial charge < -0.3 is 14.2 Å². The highest BCUT2D eigenvalue weighted by molar-refractivity contribution is 9.10. The summed E-state index contributed by atoms with van der Waals surface area (Å²) in [6, 6.07) is 21.7. The minimum atomic E-state index is -0.256. The van der Waals surface area contributed by atoms with Gasteiger partial charge in [-0.05, 0) is 42.8 Å². The van der Waals surface area contributed by atoms with Crippen molar-refractivity contribution in [2.45, 2.75) is 6.92 Å². The monoisotopic (exact) mass is 475 g/mol. The number of carbonyl (C=O) groups excluding carboxylic acids is 1. The number of anilines is 1. The first-order valence-corrected chi connectivity index (χ1v) is 10.9. The molecule has 6 heteroatoms. The summed E-state index contributed by atoms with van der Waals surface area (Å²) in [5.74, 6) is 0.922. The average Bonchev–Trinajstić information content (AvgIpc) is 3.26. The van der Waals surface area contributed by atoms with Crippen LogP contribution in [-0.4, -0.2) is 37.0 Å². The zero-order valence-electron chi connectivity index (χ0n) is 17.2. The van der Waals surface area contributed by atoms with Gasteiger partial charge in [0.25, 0.3) is 5.91 Å². The largest absolute Gasteiger partial charge is 0.457 e. The highest BCUT2D eigenvalue weighted by Crippen LogP contribution is 2.26. The molecule has 4 rings (SSSR count). The number of aryl methyl sites for hydroxylation is 1. The Labute approximate surface area is 190 Å². The number of furan rings is 1. The molecule has 156 valence electrons. The Bertz CT molecular complexity index is 1150. The molecular weight excluding hydrogens is 454 g/mol. The first kappa shape index (κ1) is 21.0. The standard InChI is InChI=1S/C25H22BrN3O2/c1-18-4-2-3-5-23(18)28-12-14-29(15-13-28)25(30)20(17-27)16-22-10-11-24(31-22)19-6-8-21(26)9-7-19/h2-11,16H,12-15H2,1H3/b20-16-. The fraction of sp³-hybridized carbons (Fsp3) is 0.200. The van der Waals surface area contributed by atoms with Gasteiger partial charge >= 0.3 is 0 Å². The molecule has 2 aromatic carbocycles. The Morgan fingerprint density at radius 2 is 1.74 bits per heavy atom. The molecule has 31 heavy (non-hydrogen) atoms. The molecule has 0 radical (unpaired) electrons. The highest BCUT2D eigenvalue weighted by atomic mass is 79.9. The quantitative estimate of drug-likeness (QED) is 0.380. The normalized spacial score (nSPS) is 14.4. The molecule has 0 saturated carbocycles. The third-order valence-electron chi connectivity index (χ3n) is 5.42. The number of nitriles is 1. The summed E-state index contributed by atoms with van der Waals surface area (Å²) in [6.45, 7) is 4.73. The van der Waals surface area contributed by atoms with E-state index in [4.69, 9.17) is 4.42 Å². The minimum Gasteiger partial charge on any atom is -0.457 e. The fourth-order valence-corrected chi connectivity index (χ4v) is 3.99. The molecule has 1 aliphatic heterocycles. The second-order valence-corrected chi connectivity index (χ2v) is 8.36. The second-order valence-electron chi connectivity index (χ2n) is 7.44. The number of nitrogens with zero attached hydrogens (tertiary/aromatic N) is 3. The van der Waals surface area contributed by atoms with Crippen LogP contribution in [0.4, 0.5) is 5.69 Å². The topological polar surface area (TPSA) is 60.5 Å². The van der Waals surface area contributed by atoms with Gasteiger partial charge in [-0.15, -0.1) is 0 Å². The number of hydrogen-bond acceptors (Lipinski definition) is 4. The average molecular weight is 476 g/mol. The van der Waals surface area contributed by atoms with E-state index in [9.17, 15) is 10.1 Å². The maximum absolute atomic E-state index is 12.9. The van der Waals surface area contributed by atoms with Crippen LogP contribution in [0.15, 0.2) is 75.1 Å². The Morgan fingerprint density at radius 1 is 1.03 bits per heavy atom. The van der Waals surface area contributed by atoms with Gasteiger partial charge in [0.1, 0.15) is 23.2 Å². The number of hydrogen-bond donors (Lipinski definition) is 0. The molecule has 5 nitrogen and oxygen atoms in total. The van der Waals surface area contributed by atoms with Crippen molar-refractivity contribution < 1.29 is 9.21 Å². The summed E-state index contributed by atoms with van der Waals surface area (Å²) >= 11 is 3.42. The summed E-state index contributed by atoms with van der Waals surface area (Å²) < 4.78 is 6.83. The van der Waals surface area contributed by atoms with Crippen LogP contribution in [0.2, 0.25) is 0 Å². The molecule has 1 fully saturated rings. The van der Waals surface area contributed by atoms with Gasteiger partial charge in [0.15, 0.2) is 0 Å². The van der Waals surface area contributed by atoms with Gasteiger partial charge in [-0.1, -0.05) is 46.3 Å². The summed E-state index contributed by atoms with van der Waals surface area (Å²) in [7, 11) is 0. The summed E-state index contributed by atoms with van der Waals surface area (Å²) in [5.41, 5.74) is 3.43. The third kappa shape index (κ3) is 4.73. The maximum atomic E-state index is 12.9. The van der Waals surface area contributed by atoms with E-state index in [2.05, 4.69) is 39.9 Å². The van der Waals surface area contributed by atoms with Crippen LogP contribution < -0.4 is 4.90 Å². The lowest BCUT2D eigenvalue weighted by molar-refractivity contribution is -0.126. The van der Waals surface area contributed by atoms with Crippen LogP contribution in [0.1, 0.15) is 11.3 Å². The predicted octanol–water partition coefficient (Wildman–Crippen LogP) is 5.27. The molecular formula is C25H22BrN3O2. The molecule has 3 aromatic rings. The predicted molar refractivity (Wildman–Crippen MR) is 125 cm³/mol. The van der Waals surface area contributed by atoms with Crippen molar-refractivity contribution in [2.24, 2.45) is 0 Å². The molecule has 0 N–H and O–H groups in total. The molecule has 0 aliphatic carbocycles. The number of amides is 1. The molecule has 1 aliphatic rings. The number of halogens is 1. The highest BCUT2D eigenvalue weighted by Gasteiger charge is 2.24.